The second-order valence-electron chi connectivity index (χ2n) is 7.01. The first kappa shape index (κ1) is 20.7. The van der Waals surface area contributed by atoms with E-state index in [1.807, 2.05) is 30.3 Å². The van der Waals surface area contributed by atoms with Crippen molar-refractivity contribution in [3.63, 3.8) is 0 Å². The van der Waals surface area contributed by atoms with Gasteiger partial charge >= 0.3 is 0 Å². The highest BCUT2D eigenvalue weighted by molar-refractivity contribution is 7.89. The molecular formula is C22H20N4O4S. The number of rotatable bonds is 7. The lowest BCUT2D eigenvalue weighted by Gasteiger charge is -2.18. The summed E-state index contributed by atoms with van der Waals surface area (Å²) in [6, 6.07) is 18.0. The van der Waals surface area contributed by atoms with Gasteiger partial charge in [-0.3, -0.25) is 9.78 Å². The van der Waals surface area contributed by atoms with Crippen LogP contribution in [0.2, 0.25) is 0 Å². The van der Waals surface area contributed by atoms with Crippen molar-refractivity contribution in [2.24, 2.45) is 0 Å². The van der Waals surface area contributed by atoms with E-state index in [2.05, 4.69) is 20.2 Å². The number of aryl methyl sites for hydroxylation is 1. The highest BCUT2D eigenvalue weighted by Crippen LogP contribution is 2.21. The van der Waals surface area contributed by atoms with Crippen molar-refractivity contribution < 1.29 is 17.7 Å². The van der Waals surface area contributed by atoms with Gasteiger partial charge in [-0.25, -0.2) is 8.42 Å². The molecule has 0 saturated carbocycles. The van der Waals surface area contributed by atoms with Gasteiger partial charge in [-0.05, 0) is 31.0 Å². The van der Waals surface area contributed by atoms with Crippen LogP contribution >= 0.6 is 0 Å². The van der Waals surface area contributed by atoms with E-state index in [1.54, 1.807) is 37.3 Å². The number of nitrogens with one attached hydrogen (secondary N) is 2. The van der Waals surface area contributed by atoms with Crippen LogP contribution in [-0.4, -0.2) is 30.5 Å². The number of nitrogens with zero attached hydrogens (tertiary/aromatic N) is 2. The molecule has 2 aromatic heterocycles. The molecular weight excluding hydrogens is 416 g/mol. The van der Waals surface area contributed by atoms with Crippen molar-refractivity contribution in [2.45, 2.75) is 24.3 Å². The summed E-state index contributed by atoms with van der Waals surface area (Å²) in [6.45, 7) is 1.69. The maximum absolute atomic E-state index is 13.2. The maximum atomic E-state index is 13.2. The minimum Gasteiger partial charge on any atom is -0.360 e. The number of para-hydroxylation sites is 1. The lowest BCUT2D eigenvalue weighted by atomic mass is 10.1. The van der Waals surface area contributed by atoms with E-state index in [9.17, 15) is 13.2 Å². The highest BCUT2D eigenvalue weighted by Gasteiger charge is 2.28. The van der Waals surface area contributed by atoms with Gasteiger partial charge < -0.3 is 9.84 Å². The van der Waals surface area contributed by atoms with Gasteiger partial charge in [0.1, 0.15) is 16.7 Å². The number of pyridine rings is 1. The van der Waals surface area contributed by atoms with Crippen molar-refractivity contribution in [3.05, 3.63) is 84.3 Å². The summed E-state index contributed by atoms with van der Waals surface area (Å²) < 4.78 is 34.0. The van der Waals surface area contributed by atoms with Crippen LogP contribution in [0.15, 0.2) is 82.3 Å². The molecule has 0 saturated heterocycles. The summed E-state index contributed by atoms with van der Waals surface area (Å²) in [6.07, 6.45) is 1.68. The number of hydrogen-bond acceptors (Lipinski definition) is 6. The predicted octanol–water partition coefficient (Wildman–Crippen LogP) is 3.06. The number of anilines is 1. The SMILES string of the molecule is Cc1cc(NC(=O)C(Cc2ccccc2)NS(=O)(=O)c2cccc3cccnc23)no1. The molecule has 31 heavy (non-hydrogen) atoms. The van der Waals surface area contributed by atoms with E-state index >= 15 is 0 Å². The van der Waals surface area contributed by atoms with Gasteiger partial charge in [-0.15, -0.1) is 0 Å². The molecule has 1 atom stereocenters. The summed E-state index contributed by atoms with van der Waals surface area (Å²) in [5.41, 5.74) is 1.14. The van der Waals surface area contributed by atoms with Gasteiger partial charge in [0.25, 0.3) is 0 Å². The molecule has 0 aliphatic carbocycles. The number of hydrogen-bond donors (Lipinski definition) is 2. The third-order valence-electron chi connectivity index (χ3n) is 4.66. The maximum Gasteiger partial charge on any atom is 0.244 e. The summed E-state index contributed by atoms with van der Waals surface area (Å²) in [5, 5.41) is 7.04. The topological polar surface area (TPSA) is 114 Å². The van der Waals surface area contributed by atoms with Crippen LogP contribution in [0.3, 0.4) is 0 Å². The van der Waals surface area contributed by atoms with Crippen molar-refractivity contribution >= 4 is 32.7 Å². The quantitative estimate of drug-likeness (QED) is 0.460. The van der Waals surface area contributed by atoms with Gasteiger partial charge in [0.15, 0.2) is 5.82 Å². The van der Waals surface area contributed by atoms with Crippen LogP contribution in [0, 0.1) is 6.92 Å². The second kappa shape index (κ2) is 8.66. The molecule has 0 radical (unpaired) electrons. The normalized spacial score (nSPS) is 12.5. The number of benzene rings is 2. The standard InChI is InChI=1S/C22H20N4O4S/c1-15-13-20(25-30-15)24-22(27)18(14-16-7-3-2-4-8-16)26-31(28,29)19-11-5-9-17-10-6-12-23-21(17)19/h2-13,18,26H,14H2,1H3,(H,24,25,27). The average molecular weight is 436 g/mol. The Bertz CT molecular complexity index is 1310. The molecule has 0 bridgehead atoms. The Morgan fingerprint density at radius 1 is 1.06 bits per heavy atom. The first-order valence-corrected chi connectivity index (χ1v) is 11.0. The molecule has 4 aromatic rings. The molecule has 0 aliphatic heterocycles. The summed E-state index contributed by atoms with van der Waals surface area (Å²) in [5.74, 6) is 0.192. The van der Waals surface area contributed by atoms with Crippen molar-refractivity contribution in [2.75, 3.05) is 5.32 Å². The Balaban J connectivity index is 1.66. The molecule has 2 N–H and O–H groups in total. The Kier molecular flexibility index (Phi) is 5.79. The number of sulfonamides is 1. The van der Waals surface area contributed by atoms with Crippen LogP contribution in [0.1, 0.15) is 11.3 Å². The lowest BCUT2D eigenvalue weighted by molar-refractivity contribution is -0.117. The summed E-state index contributed by atoms with van der Waals surface area (Å²) >= 11 is 0. The van der Waals surface area contributed by atoms with Crippen LogP contribution < -0.4 is 10.0 Å². The average Bonchev–Trinajstić information content (AvgIpc) is 3.18. The number of amides is 1. The van der Waals surface area contributed by atoms with Crippen molar-refractivity contribution in [1.29, 1.82) is 0 Å². The van der Waals surface area contributed by atoms with E-state index in [0.717, 1.165) is 5.56 Å². The summed E-state index contributed by atoms with van der Waals surface area (Å²) in [4.78, 5) is 17.2. The third-order valence-corrected chi connectivity index (χ3v) is 6.16. The van der Waals surface area contributed by atoms with E-state index in [4.69, 9.17) is 4.52 Å². The minimum atomic E-state index is -4.06. The Morgan fingerprint density at radius 3 is 2.58 bits per heavy atom. The van der Waals surface area contributed by atoms with E-state index in [-0.39, 0.29) is 17.1 Å². The van der Waals surface area contributed by atoms with Gasteiger partial charge in [0.05, 0.1) is 5.52 Å². The first-order valence-electron chi connectivity index (χ1n) is 9.56. The number of carbonyl (C=O) groups is 1. The molecule has 0 spiro atoms. The van der Waals surface area contributed by atoms with Crippen LogP contribution in [-0.2, 0) is 21.2 Å². The molecule has 4 rings (SSSR count). The fourth-order valence-corrected chi connectivity index (χ4v) is 4.59. The fraction of sp³-hybridized carbons (Fsp3) is 0.136. The monoisotopic (exact) mass is 436 g/mol. The number of carbonyl (C=O) groups excluding carboxylic acids is 1. The Labute approximate surface area is 179 Å². The van der Waals surface area contributed by atoms with E-state index < -0.39 is 22.0 Å². The number of aromatic nitrogens is 2. The van der Waals surface area contributed by atoms with Crippen molar-refractivity contribution in [3.8, 4) is 0 Å². The van der Waals surface area contributed by atoms with Crippen LogP contribution in [0.4, 0.5) is 5.82 Å². The van der Waals surface area contributed by atoms with Gasteiger partial charge in [0.2, 0.25) is 15.9 Å². The zero-order valence-electron chi connectivity index (χ0n) is 16.6. The van der Waals surface area contributed by atoms with Gasteiger partial charge in [-0.2, -0.15) is 4.72 Å². The second-order valence-corrected chi connectivity index (χ2v) is 8.69. The zero-order chi connectivity index (χ0) is 21.8. The number of fused-ring (bicyclic) bond motifs is 1. The first-order chi connectivity index (χ1) is 14.9. The van der Waals surface area contributed by atoms with Crippen molar-refractivity contribution in [1.82, 2.24) is 14.9 Å². The third kappa shape index (κ3) is 4.79. The largest absolute Gasteiger partial charge is 0.360 e. The Morgan fingerprint density at radius 2 is 1.84 bits per heavy atom. The van der Waals surface area contributed by atoms with Gasteiger partial charge in [0, 0.05) is 17.6 Å². The molecule has 8 nitrogen and oxygen atoms in total. The van der Waals surface area contributed by atoms with E-state index in [1.165, 1.54) is 12.3 Å². The molecule has 9 heteroatoms. The van der Waals surface area contributed by atoms with Crippen LogP contribution in [0.25, 0.3) is 10.9 Å². The van der Waals surface area contributed by atoms with Crippen LogP contribution in [0.5, 0.6) is 0 Å². The Hall–Kier alpha value is -3.56. The summed E-state index contributed by atoms with van der Waals surface area (Å²) in [7, 11) is -4.06. The predicted molar refractivity (Wildman–Crippen MR) is 116 cm³/mol. The zero-order valence-corrected chi connectivity index (χ0v) is 17.5. The molecule has 2 aromatic carbocycles. The lowest BCUT2D eigenvalue weighted by Crippen LogP contribution is -2.45. The smallest absolute Gasteiger partial charge is 0.244 e. The minimum absolute atomic E-state index is 0.00809. The molecule has 0 aliphatic rings. The fourth-order valence-electron chi connectivity index (χ4n) is 3.22. The molecule has 158 valence electrons. The van der Waals surface area contributed by atoms with Gasteiger partial charge in [-0.1, -0.05) is 53.7 Å². The molecule has 1 unspecified atom stereocenters. The highest BCUT2D eigenvalue weighted by atomic mass is 32.2. The molecule has 2 heterocycles. The molecule has 0 fully saturated rings. The van der Waals surface area contributed by atoms with E-state index in [0.29, 0.717) is 16.7 Å². The molecule has 1 amide bonds.